The van der Waals surface area contributed by atoms with E-state index >= 15 is 0 Å². The number of benzene rings is 1. The van der Waals surface area contributed by atoms with Gasteiger partial charge in [0.1, 0.15) is 11.3 Å². The molecule has 1 aromatic carbocycles. The van der Waals surface area contributed by atoms with Crippen molar-refractivity contribution in [2.24, 2.45) is 0 Å². The molecule has 0 saturated carbocycles. The van der Waals surface area contributed by atoms with Gasteiger partial charge in [-0.25, -0.2) is 4.79 Å². The Bertz CT molecular complexity index is 596. The van der Waals surface area contributed by atoms with Crippen LogP contribution in [-0.4, -0.2) is 5.11 Å². The minimum absolute atomic E-state index is 0.208. The maximum atomic E-state index is 11.2. The van der Waals surface area contributed by atoms with Crippen LogP contribution in [0.2, 0.25) is 0 Å². The van der Waals surface area contributed by atoms with E-state index in [1.54, 1.807) is 0 Å². The van der Waals surface area contributed by atoms with E-state index < -0.39 is 0 Å². The highest BCUT2D eigenvalue weighted by molar-refractivity contribution is 5.82. The summed E-state index contributed by atoms with van der Waals surface area (Å²) < 4.78 is 5.07. The molecule has 0 aliphatic heterocycles. The molecule has 0 saturated heterocycles. The van der Waals surface area contributed by atoms with Crippen LogP contribution in [-0.2, 0) is 6.42 Å². The average molecular weight is 232 g/mol. The summed E-state index contributed by atoms with van der Waals surface area (Å²) >= 11 is 0. The van der Waals surface area contributed by atoms with E-state index in [4.69, 9.17) is 4.42 Å². The average Bonchev–Trinajstić information content (AvgIpc) is 2.26. The van der Waals surface area contributed by atoms with E-state index in [0.29, 0.717) is 5.58 Å². The summed E-state index contributed by atoms with van der Waals surface area (Å²) in [6.07, 6.45) is 2.96. The molecule has 1 aromatic heterocycles. The number of aromatic hydroxyl groups is 1. The first-order valence-corrected chi connectivity index (χ1v) is 5.88. The van der Waals surface area contributed by atoms with E-state index in [0.717, 1.165) is 35.8 Å². The van der Waals surface area contributed by atoms with Gasteiger partial charge in [-0.05, 0) is 37.0 Å². The normalized spacial score (nSPS) is 10.9. The van der Waals surface area contributed by atoms with Gasteiger partial charge in [-0.15, -0.1) is 0 Å². The lowest BCUT2D eigenvalue weighted by atomic mass is 10.0. The van der Waals surface area contributed by atoms with Gasteiger partial charge in [-0.3, -0.25) is 0 Å². The number of hydrogen-bond donors (Lipinski definition) is 1. The SMILES string of the molecule is CCCCc1cc2c(C)cc(=O)oc2cc1O. The van der Waals surface area contributed by atoms with Gasteiger partial charge in [0, 0.05) is 17.5 Å². The van der Waals surface area contributed by atoms with Crippen molar-refractivity contribution in [3.8, 4) is 5.75 Å². The van der Waals surface area contributed by atoms with Crippen molar-refractivity contribution in [2.45, 2.75) is 33.1 Å². The van der Waals surface area contributed by atoms with Gasteiger partial charge in [0.2, 0.25) is 0 Å². The summed E-state index contributed by atoms with van der Waals surface area (Å²) in [4.78, 5) is 11.2. The third-order valence-electron chi connectivity index (χ3n) is 2.95. The van der Waals surface area contributed by atoms with Crippen LogP contribution in [0.4, 0.5) is 0 Å². The molecule has 0 fully saturated rings. The molecule has 1 heterocycles. The Kier molecular flexibility index (Phi) is 3.18. The molecule has 2 rings (SSSR count). The smallest absolute Gasteiger partial charge is 0.336 e. The predicted molar refractivity (Wildman–Crippen MR) is 67.5 cm³/mol. The first-order valence-electron chi connectivity index (χ1n) is 5.88. The van der Waals surface area contributed by atoms with Crippen LogP contribution >= 0.6 is 0 Å². The molecule has 0 bridgehead atoms. The molecule has 3 nitrogen and oxygen atoms in total. The highest BCUT2D eigenvalue weighted by atomic mass is 16.4. The highest BCUT2D eigenvalue weighted by Gasteiger charge is 2.08. The Morgan fingerprint density at radius 3 is 2.76 bits per heavy atom. The second-order valence-corrected chi connectivity index (χ2v) is 4.33. The summed E-state index contributed by atoms with van der Waals surface area (Å²) in [5, 5.41) is 10.8. The summed E-state index contributed by atoms with van der Waals surface area (Å²) in [5.74, 6) is 0.208. The molecule has 0 radical (unpaired) electrons. The van der Waals surface area contributed by atoms with E-state index in [-0.39, 0.29) is 11.4 Å². The predicted octanol–water partition coefficient (Wildman–Crippen LogP) is 3.15. The van der Waals surface area contributed by atoms with Crippen LogP contribution in [0, 0.1) is 6.92 Å². The van der Waals surface area contributed by atoms with Gasteiger partial charge < -0.3 is 9.52 Å². The Labute approximate surface area is 99.7 Å². The maximum Gasteiger partial charge on any atom is 0.336 e. The van der Waals surface area contributed by atoms with Crippen molar-refractivity contribution >= 4 is 11.0 Å². The van der Waals surface area contributed by atoms with E-state index in [1.807, 2.05) is 13.0 Å². The lowest BCUT2D eigenvalue weighted by Gasteiger charge is -2.07. The number of phenolic OH excluding ortho intramolecular Hbond substituents is 1. The molecule has 0 spiro atoms. The van der Waals surface area contributed by atoms with Crippen molar-refractivity contribution in [1.82, 2.24) is 0 Å². The number of rotatable bonds is 3. The van der Waals surface area contributed by atoms with Crippen LogP contribution in [0.15, 0.2) is 27.4 Å². The monoisotopic (exact) mass is 232 g/mol. The fourth-order valence-electron chi connectivity index (χ4n) is 1.97. The van der Waals surface area contributed by atoms with Crippen molar-refractivity contribution in [2.75, 3.05) is 0 Å². The van der Waals surface area contributed by atoms with Gasteiger partial charge in [-0.2, -0.15) is 0 Å². The first-order chi connectivity index (χ1) is 8.11. The van der Waals surface area contributed by atoms with E-state index in [2.05, 4.69) is 6.92 Å². The van der Waals surface area contributed by atoms with Crippen LogP contribution in [0.3, 0.4) is 0 Å². The standard InChI is InChI=1S/C14H16O3/c1-3-4-5-10-7-11-9(2)6-14(16)17-13(11)8-12(10)15/h6-8,15H,3-5H2,1-2H3. The lowest BCUT2D eigenvalue weighted by Crippen LogP contribution is -1.98. The molecule has 0 aliphatic rings. The fourth-order valence-corrected chi connectivity index (χ4v) is 1.97. The van der Waals surface area contributed by atoms with Crippen molar-refractivity contribution < 1.29 is 9.52 Å². The quantitative estimate of drug-likeness (QED) is 0.827. The highest BCUT2D eigenvalue weighted by Crippen LogP contribution is 2.27. The third-order valence-corrected chi connectivity index (χ3v) is 2.95. The molecule has 0 amide bonds. The van der Waals surface area contributed by atoms with Gasteiger partial charge >= 0.3 is 5.63 Å². The lowest BCUT2D eigenvalue weighted by molar-refractivity contribution is 0.465. The molecule has 0 atom stereocenters. The zero-order valence-electron chi connectivity index (χ0n) is 10.1. The third kappa shape index (κ3) is 2.33. The summed E-state index contributed by atoms with van der Waals surface area (Å²) in [5.41, 5.74) is 1.87. The van der Waals surface area contributed by atoms with Crippen LogP contribution < -0.4 is 5.63 Å². The van der Waals surface area contributed by atoms with Gasteiger partial charge in [0.05, 0.1) is 0 Å². The fraction of sp³-hybridized carbons (Fsp3) is 0.357. The van der Waals surface area contributed by atoms with Crippen LogP contribution in [0.1, 0.15) is 30.9 Å². The number of phenols is 1. The van der Waals surface area contributed by atoms with E-state index in [9.17, 15) is 9.90 Å². The molecule has 1 N–H and O–H groups in total. The molecule has 0 aliphatic carbocycles. The zero-order valence-corrected chi connectivity index (χ0v) is 10.1. The number of hydrogen-bond acceptors (Lipinski definition) is 3. The summed E-state index contributed by atoms with van der Waals surface area (Å²) in [7, 11) is 0. The molecule has 17 heavy (non-hydrogen) atoms. The zero-order chi connectivity index (χ0) is 12.4. The second-order valence-electron chi connectivity index (χ2n) is 4.33. The Balaban J connectivity index is 2.59. The number of unbranched alkanes of at least 4 members (excludes halogenated alkanes) is 1. The molecule has 2 aromatic rings. The van der Waals surface area contributed by atoms with Gasteiger partial charge in [-0.1, -0.05) is 13.3 Å². The summed E-state index contributed by atoms with van der Waals surface area (Å²) in [6, 6.07) is 4.93. The molecule has 3 heteroatoms. The number of aryl methyl sites for hydroxylation is 2. The molecule has 0 unspecified atom stereocenters. The van der Waals surface area contributed by atoms with Crippen LogP contribution in [0.25, 0.3) is 11.0 Å². The number of fused-ring (bicyclic) bond motifs is 1. The Morgan fingerprint density at radius 2 is 2.06 bits per heavy atom. The first kappa shape index (κ1) is 11.7. The molecule has 90 valence electrons. The topological polar surface area (TPSA) is 50.4 Å². The Morgan fingerprint density at radius 1 is 1.29 bits per heavy atom. The molecular weight excluding hydrogens is 216 g/mol. The van der Waals surface area contributed by atoms with Gasteiger partial charge in [0.25, 0.3) is 0 Å². The largest absolute Gasteiger partial charge is 0.508 e. The summed E-state index contributed by atoms with van der Waals surface area (Å²) in [6.45, 7) is 3.99. The minimum Gasteiger partial charge on any atom is -0.508 e. The van der Waals surface area contributed by atoms with Crippen molar-refractivity contribution in [3.63, 3.8) is 0 Å². The minimum atomic E-state index is -0.379. The van der Waals surface area contributed by atoms with E-state index in [1.165, 1.54) is 12.1 Å². The van der Waals surface area contributed by atoms with Crippen molar-refractivity contribution in [3.05, 3.63) is 39.7 Å². The van der Waals surface area contributed by atoms with Crippen molar-refractivity contribution in [1.29, 1.82) is 0 Å². The second kappa shape index (κ2) is 4.62. The van der Waals surface area contributed by atoms with Crippen LogP contribution in [0.5, 0.6) is 5.75 Å². The molecular formula is C14H16O3. The maximum absolute atomic E-state index is 11.2. The van der Waals surface area contributed by atoms with Gasteiger partial charge in [0.15, 0.2) is 0 Å². The Hall–Kier alpha value is -1.77.